The number of carbonyl (C=O) groups is 1. The lowest BCUT2D eigenvalue weighted by molar-refractivity contribution is 0.0989. The third-order valence-corrected chi connectivity index (χ3v) is 2.27. The van der Waals surface area contributed by atoms with Crippen molar-refractivity contribution in [2.75, 3.05) is 0 Å². The number of rotatable bonds is 2. The summed E-state index contributed by atoms with van der Waals surface area (Å²) in [7, 11) is 0. The molecule has 1 aromatic heterocycles. The van der Waals surface area contributed by atoms with Crippen LogP contribution in [0.5, 0.6) is 0 Å². The maximum absolute atomic E-state index is 12.4. The minimum absolute atomic E-state index is 0.0711. The molecule has 0 saturated heterocycles. The van der Waals surface area contributed by atoms with E-state index in [2.05, 4.69) is 0 Å². The third kappa shape index (κ3) is 1.82. The fraction of sp³-hybridized carbons (Fsp3) is 0.100. The first-order chi connectivity index (χ1) is 7.38. The van der Waals surface area contributed by atoms with Gasteiger partial charge in [-0.05, 0) is 12.1 Å². The molecule has 2 aromatic rings. The van der Waals surface area contributed by atoms with Crippen LogP contribution in [0.4, 0.5) is 12.9 Å². The number of hydrogen-bond donors (Lipinski definition) is 0. The Morgan fingerprint density at radius 1 is 1.25 bits per heavy atom. The highest BCUT2D eigenvalue weighted by molar-refractivity contribution is 6.73. The van der Waals surface area contributed by atoms with Crippen LogP contribution in [0.3, 0.4) is 0 Å². The Morgan fingerprint density at radius 2 is 1.94 bits per heavy atom. The Hall–Kier alpha value is -1.72. The van der Waals surface area contributed by atoms with E-state index in [9.17, 15) is 17.7 Å². The second kappa shape index (κ2) is 3.40. The first kappa shape index (κ1) is 10.8. The second-order valence-corrected chi connectivity index (χ2v) is 3.54. The first-order valence-electron chi connectivity index (χ1n) is 4.62. The summed E-state index contributed by atoms with van der Waals surface area (Å²) in [5.74, 6) is -0.239. The predicted octanol–water partition coefficient (Wildman–Crippen LogP) is 2.69. The zero-order valence-corrected chi connectivity index (χ0v) is 8.34. The van der Waals surface area contributed by atoms with Crippen molar-refractivity contribution in [2.45, 2.75) is 6.92 Å². The molecule has 0 fully saturated rings. The Labute approximate surface area is 89.1 Å². The van der Waals surface area contributed by atoms with Gasteiger partial charge in [-0.1, -0.05) is 12.1 Å². The van der Waals surface area contributed by atoms with E-state index in [1.165, 1.54) is 19.1 Å². The fourth-order valence-corrected chi connectivity index (χ4v) is 1.44. The minimum Gasteiger partial charge on any atom is -0.453 e. The monoisotopic (exact) mass is 227 g/mol. The highest BCUT2D eigenvalue weighted by Crippen LogP contribution is 2.20. The molecule has 6 heteroatoms. The number of halogens is 3. The second-order valence-electron chi connectivity index (χ2n) is 3.54. The van der Waals surface area contributed by atoms with Crippen molar-refractivity contribution in [3.63, 3.8) is 0 Å². The fourth-order valence-electron chi connectivity index (χ4n) is 1.44. The number of carbonyl (C=O) groups excluding carboxylic acids is 1. The van der Waals surface area contributed by atoms with Crippen LogP contribution < -0.4 is 5.46 Å². The molecule has 0 saturated carbocycles. The third-order valence-electron chi connectivity index (χ3n) is 2.27. The maximum Gasteiger partial charge on any atom is 0.509 e. The highest BCUT2D eigenvalue weighted by Gasteiger charge is 2.25. The van der Waals surface area contributed by atoms with E-state index in [1.54, 1.807) is 0 Å². The Morgan fingerprint density at radius 3 is 2.50 bits per heavy atom. The van der Waals surface area contributed by atoms with Crippen LogP contribution in [-0.2, 0) is 0 Å². The Balaban J connectivity index is 2.58. The number of benzene rings is 1. The number of hydrogen-bond acceptors (Lipinski definition) is 2. The topological polar surface area (TPSA) is 30.2 Å². The van der Waals surface area contributed by atoms with E-state index < -0.39 is 12.4 Å². The zero-order valence-electron chi connectivity index (χ0n) is 8.34. The smallest absolute Gasteiger partial charge is 0.453 e. The molecule has 0 N–H and O–H groups in total. The molecule has 0 unspecified atom stereocenters. The molecule has 2 rings (SSSR count). The molecule has 0 aliphatic heterocycles. The molecular weight excluding hydrogens is 220 g/mol. The molecule has 0 aliphatic carbocycles. The molecule has 84 valence electrons. The highest BCUT2D eigenvalue weighted by atomic mass is 19.4. The van der Waals surface area contributed by atoms with Gasteiger partial charge in [-0.2, -0.15) is 0 Å². The minimum atomic E-state index is -5.02. The summed E-state index contributed by atoms with van der Waals surface area (Å²) in [5.41, 5.74) is -0.405. The Kier molecular flexibility index (Phi) is 2.29. The van der Waals surface area contributed by atoms with E-state index >= 15 is 0 Å². The number of fused-ring (bicyclic) bond motifs is 1. The van der Waals surface area contributed by atoms with E-state index in [-0.39, 0.29) is 17.1 Å². The van der Waals surface area contributed by atoms with Crippen molar-refractivity contribution >= 4 is 29.2 Å². The molecule has 0 atom stereocenters. The summed E-state index contributed by atoms with van der Waals surface area (Å²) in [6, 6.07) is 4.50. The van der Waals surface area contributed by atoms with Gasteiger partial charge in [0.1, 0.15) is 5.58 Å². The average Bonchev–Trinajstić information content (AvgIpc) is 2.58. The van der Waals surface area contributed by atoms with Gasteiger partial charge in [0.25, 0.3) is 0 Å². The molecule has 1 heterocycles. The average molecular weight is 227 g/mol. The van der Waals surface area contributed by atoms with Crippen molar-refractivity contribution in [1.82, 2.24) is 0 Å². The van der Waals surface area contributed by atoms with Crippen LogP contribution in [0.2, 0.25) is 0 Å². The molecule has 16 heavy (non-hydrogen) atoms. The van der Waals surface area contributed by atoms with Gasteiger partial charge >= 0.3 is 6.98 Å². The van der Waals surface area contributed by atoms with Crippen molar-refractivity contribution in [1.29, 1.82) is 0 Å². The molecule has 0 aliphatic rings. The number of ketones is 1. The lowest BCUT2D eigenvalue weighted by Crippen LogP contribution is -2.33. The van der Waals surface area contributed by atoms with Crippen molar-refractivity contribution in [3.05, 3.63) is 30.0 Å². The lowest BCUT2D eigenvalue weighted by atomic mass is 9.80. The van der Waals surface area contributed by atoms with Crippen LogP contribution in [0.25, 0.3) is 11.0 Å². The van der Waals surface area contributed by atoms with Gasteiger partial charge in [0, 0.05) is 12.3 Å². The van der Waals surface area contributed by atoms with E-state index in [0.29, 0.717) is 5.39 Å². The van der Waals surface area contributed by atoms with Gasteiger partial charge in [0.15, 0.2) is 11.5 Å². The van der Waals surface area contributed by atoms with Crippen LogP contribution in [0.15, 0.2) is 28.7 Å². The summed E-state index contributed by atoms with van der Waals surface area (Å²) in [4.78, 5) is 11.0. The van der Waals surface area contributed by atoms with Crippen molar-refractivity contribution < 1.29 is 22.2 Å². The van der Waals surface area contributed by atoms with Gasteiger partial charge in [-0.15, -0.1) is 5.46 Å². The van der Waals surface area contributed by atoms with Crippen LogP contribution in [-0.4, -0.2) is 12.8 Å². The van der Waals surface area contributed by atoms with Gasteiger partial charge in [0.05, 0.1) is 0 Å². The molecule has 0 spiro atoms. The van der Waals surface area contributed by atoms with Gasteiger partial charge in [0.2, 0.25) is 0 Å². The quantitative estimate of drug-likeness (QED) is 0.583. The first-order valence-corrected chi connectivity index (χ1v) is 4.62. The van der Waals surface area contributed by atoms with Gasteiger partial charge in [-0.3, -0.25) is 4.79 Å². The summed E-state index contributed by atoms with van der Waals surface area (Å²) in [5, 5.41) is 0.293. The zero-order chi connectivity index (χ0) is 11.9. The van der Waals surface area contributed by atoms with Crippen LogP contribution >= 0.6 is 0 Å². The summed E-state index contributed by atoms with van der Waals surface area (Å²) < 4.78 is 42.4. The van der Waals surface area contributed by atoms with E-state index in [0.717, 1.165) is 12.1 Å². The van der Waals surface area contributed by atoms with Gasteiger partial charge < -0.3 is 17.4 Å². The lowest BCUT2D eigenvalue weighted by Gasteiger charge is -2.13. The Bertz CT molecular complexity index is 557. The summed E-state index contributed by atoms with van der Waals surface area (Å²) >= 11 is 0. The summed E-state index contributed by atoms with van der Waals surface area (Å²) in [6.45, 7) is -3.72. The number of furan rings is 1. The predicted molar refractivity (Wildman–Crippen MR) is 54.9 cm³/mol. The summed E-state index contributed by atoms with van der Waals surface area (Å²) in [6.07, 6.45) is 0. The van der Waals surface area contributed by atoms with Crippen molar-refractivity contribution in [2.24, 2.45) is 0 Å². The van der Waals surface area contributed by atoms with Crippen molar-refractivity contribution in [3.8, 4) is 0 Å². The normalized spacial score (nSPS) is 12.0. The van der Waals surface area contributed by atoms with Crippen LogP contribution in [0.1, 0.15) is 17.5 Å². The van der Waals surface area contributed by atoms with E-state index in [1.807, 2.05) is 0 Å². The number of Topliss-reactive ketones (excluding diaryl/α,β-unsaturated/α-hetero) is 1. The molecule has 0 radical (unpaired) electrons. The van der Waals surface area contributed by atoms with Crippen LogP contribution in [0, 0.1) is 0 Å². The molecule has 0 amide bonds. The molecule has 2 nitrogen and oxygen atoms in total. The molecule has 0 bridgehead atoms. The molecular formula is C10H7BF3O2-. The largest absolute Gasteiger partial charge is 0.509 e. The van der Waals surface area contributed by atoms with E-state index in [4.69, 9.17) is 4.42 Å². The standard InChI is InChI=1S/C10H7BF3O2/c1-6(15)10-5-7-4-8(11(12,13)14)2-3-9(7)16-10/h2-5H,1H3/q-1. The molecule has 1 aromatic carbocycles. The SMILES string of the molecule is CC(=O)c1cc2cc([B-](F)(F)F)ccc2o1. The van der Waals surface area contributed by atoms with Gasteiger partial charge in [-0.25, -0.2) is 0 Å². The maximum atomic E-state index is 12.4.